The lowest BCUT2D eigenvalue weighted by atomic mass is 10.3. The molecule has 0 heterocycles. The summed E-state index contributed by atoms with van der Waals surface area (Å²) >= 11 is 9.44. The van der Waals surface area contributed by atoms with E-state index in [1.165, 1.54) is 12.1 Å². The van der Waals surface area contributed by atoms with Crippen molar-refractivity contribution in [1.82, 2.24) is 0 Å². The molecular formula is C9H9ClFNOS. The van der Waals surface area contributed by atoms with Crippen LogP contribution in [-0.4, -0.2) is 11.7 Å². The van der Waals surface area contributed by atoms with Crippen molar-refractivity contribution in [3.8, 4) is 0 Å². The van der Waals surface area contributed by atoms with E-state index in [0.717, 1.165) is 6.07 Å². The molecule has 0 aliphatic heterocycles. The van der Waals surface area contributed by atoms with Crippen LogP contribution in [0.5, 0.6) is 0 Å². The molecule has 0 aliphatic rings. The molecule has 0 aromatic heterocycles. The van der Waals surface area contributed by atoms with Crippen molar-refractivity contribution >= 4 is 35.8 Å². The summed E-state index contributed by atoms with van der Waals surface area (Å²) in [5, 5.41) is 2.72. The summed E-state index contributed by atoms with van der Waals surface area (Å²) < 4.78 is 13.1. The Hall–Kier alpha value is -0.740. The lowest BCUT2D eigenvalue weighted by Crippen LogP contribution is -2.12. The first-order valence-corrected chi connectivity index (χ1v) is 5.00. The average molecular weight is 234 g/mol. The van der Waals surface area contributed by atoms with Gasteiger partial charge in [0.25, 0.3) is 0 Å². The van der Waals surface area contributed by atoms with E-state index in [1.54, 1.807) is 0 Å². The van der Waals surface area contributed by atoms with Crippen molar-refractivity contribution in [2.75, 3.05) is 11.1 Å². The highest BCUT2D eigenvalue weighted by atomic mass is 35.5. The largest absolute Gasteiger partial charge is 0.324 e. The molecule has 76 valence electrons. The molecule has 1 aromatic rings. The van der Waals surface area contributed by atoms with Crippen LogP contribution in [0.1, 0.15) is 6.42 Å². The molecule has 1 amide bonds. The first-order valence-electron chi connectivity index (χ1n) is 3.99. The molecule has 2 nitrogen and oxygen atoms in total. The van der Waals surface area contributed by atoms with Crippen LogP contribution >= 0.6 is 24.2 Å². The highest BCUT2D eigenvalue weighted by Gasteiger charge is 2.06. The van der Waals surface area contributed by atoms with Crippen LogP contribution in [0.4, 0.5) is 10.1 Å². The molecule has 5 heteroatoms. The van der Waals surface area contributed by atoms with E-state index in [0.29, 0.717) is 10.8 Å². The zero-order valence-corrected chi connectivity index (χ0v) is 8.91. The summed E-state index contributed by atoms with van der Waals surface area (Å²) in [6.45, 7) is 0. The molecule has 0 aliphatic carbocycles. The van der Waals surface area contributed by atoms with Gasteiger partial charge in [-0.15, -0.1) is 0 Å². The normalized spacial score (nSPS) is 9.93. The molecule has 0 radical (unpaired) electrons. The maximum Gasteiger partial charge on any atom is 0.225 e. The SMILES string of the molecule is O=C(CCS)Nc1ccc(Cl)cc1F. The number of benzene rings is 1. The van der Waals surface area contributed by atoms with Gasteiger partial charge in [0, 0.05) is 11.4 Å². The second kappa shape index (κ2) is 5.22. The Bertz CT molecular complexity index is 346. The molecule has 1 aromatic carbocycles. The third-order valence-corrected chi connectivity index (χ3v) is 2.00. The summed E-state index contributed by atoms with van der Waals surface area (Å²) in [7, 11) is 0. The molecule has 0 saturated heterocycles. The van der Waals surface area contributed by atoms with E-state index in [1.807, 2.05) is 0 Å². The topological polar surface area (TPSA) is 29.1 Å². The van der Waals surface area contributed by atoms with Gasteiger partial charge >= 0.3 is 0 Å². The Balaban J connectivity index is 2.72. The van der Waals surface area contributed by atoms with Crippen molar-refractivity contribution in [3.05, 3.63) is 29.0 Å². The van der Waals surface area contributed by atoms with Crippen LogP contribution < -0.4 is 5.32 Å². The molecule has 1 N–H and O–H groups in total. The highest BCUT2D eigenvalue weighted by molar-refractivity contribution is 7.80. The molecule has 14 heavy (non-hydrogen) atoms. The number of halogens is 2. The first-order chi connectivity index (χ1) is 6.63. The minimum atomic E-state index is -0.537. The molecule has 0 bridgehead atoms. The predicted molar refractivity (Wildman–Crippen MR) is 58.5 cm³/mol. The number of carbonyl (C=O) groups is 1. The fourth-order valence-corrected chi connectivity index (χ4v) is 1.27. The second-order valence-corrected chi connectivity index (χ2v) is 3.53. The quantitative estimate of drug-likeness (QED) is 0.773. The van der Waals surface area contributed by atoms with Crippen molar-refractivity contribution in [1.29, 1.82) is 0 Å². The van der Waals surface area contributed by atoms with Gasteiger partial charge in [-0.1, -0.05) is 11.6 Å². The number of carbonyl (C=O) groups excluding carboxylic acids is 1. The zero-order valence-electron chi connectivity index (χ0n) is 7.26. The molecule has 1 rings (SSSR count). The molecule has 0 atom stereocenters. The van der Waals surface area contributed by atoms with Gasteiger partial charge in [0.1, 0.15) is 5.82 Å². The number of hydrogen-bond acceptors (Lipinski definition) is 2. The van der Waals surface area contributed by atoms with Crippen LogP contribution in [-0.2, 0) is 4.79 Å². The molecule has 0 unspecified atom stereocenters. The number of hydrogen-bond donors (Lipinski definition) is 2. The van der Waals surface area contributed by atoms with E-state index in [2.05, 4.69) is 17.9 Å². The number of rotatable bonds is 3. The van der Waals surface area contributed by atoms with E-state index in [4.69, 9.17) is 11.6 Å². The van der Waals surface area contributed by atoms with Crippen LogP contribution in [0.2, 0.25) is 5.02 Å². The molecule has 0 saturated carbocycles. The smallest absolute Gasteiger partial charge is 0.225 e. The first kappa shape index (κ1) is 11.3. The lowest BCUT2D eigenvalue weighted by Gasteiger charge is -2.05. The minimum Gasteiger partial charge on any atom is -0.324 e. The Kier molecular flexibility index (Phi) is 4.22. The van der Waals surface area contributed by atoms with Crippen LogP contribution in [0, 0.1) is 5.82 Å². The molecule has 0 fully saturated rings. The third kappa shape index (κ3) is 3.20. The summed E-state index contributed by atoms with van der Waals surface area (Å²) in [6, 6.07) is 4.09. The maximum absolute atomic E-state index is 13.1. The molecule has 0 spiro atoms. The van der Waals surface area contributed by atoms with E-state index in [-0.39, 0.29) is 18.0 Å². The van der Waals surface area contributed by atoms with Gasteiger partial charge < -0.3 is 5.32 Å². The third-order valence-electron chi connectivity index (χ3n) is 1.54. The van der Waals surface area contributed by atoms with Crippen LogP contribution in [0.15, 0.2) is 18.2 Å². The number of thiol groups is 1. The van der Waals surface area contributed by atoms with Crippen molar-refractivity contribution in [3.63, 3.8) is 0 Å². The van der Waals surface area contributed by atoms with Gasteiger partial charge in [-0.2, -0.15) is 12.6 Å². The predicted octanol–water partition coefficient (Wildman–Crippen LogP) is 2.74. The molecular weight excluding hydrogens is 225 g/mol. The summed E-state index contributed by atoms with van der Waals surface area (Å²) in [5.74, 6) is -0.368. The van der Waals surface area contributed by atoms with Gasteiger partial charge in [-0.3, -0.25) is 4.79 Å². The van der Waals surface area contributed by atoms with Gasteiger partial charge in [0.2, 0.25) is 5.91 Å². The van der Waals surface area contributed by atoms with Gasteiger partial charge in [0.05, 0.1) is 5.69 Å². The zero-order chi connectivity index (χ0) is 10.6. The van der Waals surface area contributed by atoms with Crippen molar-refractivity contribution in [2.24, 2.45) is 0 Å². The summed E-state index contributed by atoms with van der Waals surface area (Å²) in [5.41, 5.74) is 0.140. The maximum atomic E-state index is 13.1. The fraction of sp³-hybridized carbons (Fsp3) is 0.222. The second-order valence-electron chi connectivity index (χ2n) is 2.65. The average Bonchev–Trinajstić information content (AvgIpc) is 2.10. The van der Waals surface area contributed by atoms with Gasteiger partial charge in [-0.05, 0) is 24.0 Å². The van der Waals surface area contributed by atoms with Crippen LogP contribution in [0.3, 0.4) is 0 Å². The van der Waals surface area contributed by atoms with E-state index in [9.17, 15) is 9.18 Å². The number of anilines is 1. The Labute approximate surface area is 91.9 Å². The van der Waals surface area contributed by atoms with Gasteiger partial charge in [-0.25, -0.2) is 4.39 Å². The Morgan fingerprint density at radius 2 is 2.29 bits per heavy atom. The van der Waals surface area contributed by atoms with E-state index < -0.39 is 5.82 Å². The number of amides is 1. The Morgan fingerprint density at radius 3 is 2.86 bits per heavy atom. The van der Waals surface area contributed by atoms with Crippen molar-refractivity contribution in [2.45, 2.75) is 6.42 Å². The van der Waals surface area contributed by atoms with Crippen molar-refractivity contribution < 1.29 is 9.18 Å². The Morgan fingerprint density at radius 1 is 1.57 bits per heavy atom. The van der Waals surface area contributed by atoms with E-state index >= 15 is 0 Å². The standard InChI is InChI=1S/C9H9ClFNOS/c10-6-1-2-8(7(11)5-6)12-9(13)3-4-14/h1-2,5,14H,3-4H2,(H,12,13). The minimum absolute atomic E-state index is 0.140. The number of nitrogens with one attached hydrogen (secondary N) is 1. The summed E-state index contributed by atoms with van der Waals surface area (Å²) in [4.78, 5) is 11.1. The summed E-state index contributed by atoms with van der Waals surface area (Å²) in [6.07, 6.45) is 0.255. The van der Waals surface area contributed by atoms with Gasteiger partial charge in [0.15, 0.2) is 0 Å². The van der Waals surface area contributed by atoms with Crippen LogP contribution in [0.25, 0.3) is 0 Å². The fourth-order valence-electron chi connectivity index (χ4n) is 0.905. The lowest BCUT2D eigenvalue weighted by molar-refractivity contribution is -0.115. The monoisotopic (exact) mass is 233 g/mol. The highest BCUT2D eigenvalue weighted by Crippen LogP contribution is 2.18.